The van der Waals surface area contributed by atoms with Gasteiger partial charge in [0, 0.05) is 23.5 Å². The van der Waals surface area contributed by atoms with Crippen molar-refractivity contribution in [3.63, 3.8) is 0 Å². The Labute approximate surface area is 162 Å². The Kier molecular flexibility index (Phi) is 7.41. The average Bonchev–Trinajstić information content (AvgIpc) is 2.68. The van der Waals surface area contributed by atoms with Crippen LogP contribution in [0.25, 0.3) is 0 Å². The molecule has 0 saturated carbocycles. The van der Waals surface area contributed by atoms with Crippen molar-refractivity contribution >= 4 is 29.2 Å². The Morgan fingerprint density at radius 3 is 2.41 bits per heavy atom. The summed E-state index contributed by atoms with van der Waals surface area (Å²) < 4.78 is 4.91. The Bertz CT molecular complexity index is 869. The summed E-state index contributed by atoms with van der Waals surface area (Å²) in [6, 6.07) is 15.4. The third-order valence-corrected chi connectivity index (χ3v) is 3.76. The predicted octanol–water partition coefficient (Wildman–Crippen LogP) is 3.65. The lowest BCUT2D eigenvalue weighted by molar-refractivity contribution is -0.117. The summed E-state index contributed by atoms with van der Waals surface area (Å²) in [5.74, 6) is -0.901. The van der Waals surface area contributed by atoms with Crippen molar-refractivity contribution in [1.29, 1.82) is 5.26 Å². The minimum atomic E-state index is -0.497. The van der Waals surface area contributed by atoms with E-state index in [0.717, 1.165) is 5.56 Å². The van der Waals surface area contributed by atoms with Gasteiger partial charge < -0.3 is 15.4 Å². The lowest BCUT2D eigenvalue weighted by Gasteiger charge is -2.06. The highest BCUT2D eigenvalue weighted by atomic mass is 35.5. The van der Waals surface area contributed by atoms with Crippen LogP contribution in [0.2, 0.25) is 5.02 Å². The first kappa shape index (κ1) is 20.0. The SMILES string of the molecule is CCOC(=O)c1ccc(N/C=C(/C#N)C(=O)NCc2ccc(Cl)cc2)cc1. The molecular weight excluding hydrogens is 366 g/mol. The van der Waals surface area contributed by atoms with Gasteiger partial charge in [0.1, 0.15) is 11.6 Å². The molecular formula is C20H18ClN3O3. The van der Waals surface area contributed by atoms with E-state index in [2.05, 4.69) is 10.6 Å². The summed E-state index contributed by atoms with van der Waals surface area (Å²) in [6.45, 7) is 2.32. The van der Waals surface area contributed by atoms with Crippen molar-refractivity contribution < 1.29 is 14.3 Å². The molecule has 2 rings (SSSR count). The molecule has 0 aliphatic carbocycles. The Hall–Kier alpha value is -3.30. The molecule has 27 heavy (non-hydrogen) atoms. The van der Waals surface area contributed by atoms with Crippen molar-refractivity contribution in [2.45, 2.75) is 13.5 Å². The van der Waals surface area contributed by atoms with E-state index in [1.807, 2.05) is 6.07 Å². The van der Waals surface area contributed by atoms with Gasteiger partial charge >= 0.3 is 5.97 Å². The molecule has 0 radical (unpaired) electrons. The Morgan fingerprint density at radius 1 is 1.15 bits per heavy atom. The van der Waals surface area contributed by atoms with E-state index in [0.29, 0.717) is 22.9 Å². The summed E-state index contributed by atoms with van der Waals surface area (Å²) in [5.41, 5.74) is 1.85. The topological polar surface area (TPSA) is 91.2 Å². The molecule has 0 aliphatic rings. The van der Waals surface area contributed by atoms with Crippen LogP contribution < -0.4 is 10.6 Å². The normalized spacial score (nSPS) is 10.6. The second-order valence-corrected chi connectivity index (χ2v) is 5.86. The average molecular weight is 384 g/mol. The standard InChI is InChI=1S/C20H18ClN3O3/c1-2-27-20(26)15-5-9-18(10-6-15)23-13-16(11-22)19(25)24-12-14-3-7-17(21)8-4-14/h3-10,13,23H,2,12H2,1H3,(H,24,25)/b16-13-. The Morgan fingerprint density at radius 2 is 1.81 bits per heavy atom. The lowest BCUT2D eigenvalue weighted by atomic mass is 10.2. The summed E-state index contributed by atoms with van der Waals surface area (Å²) in [6.07, 6.45) is 1.32. The minimum Gasteiger partial charge on any atom is -0.462 e. The van der Waals surface area contributed by atoms with Crippen LogP contribution in [-0.4, -0.2) is 18.5 Å². The van der Waals surface area contributed by atoms with E-state index >= 15 is 0 Å². The first-order valence-corrected chi connectivity index (χ1v) is 8.58. The van der Waals surface area contributed by atoms with Crippen molar-refractivity contribution in [1.82, 2.24) is 5.32 Å². The van der Waals surface area contributed by atoms with E-state index in [1.165, 1.54) is 6.20 Å². The van der Waals surface area contributed by atoms with Crippen LogP contribution in [0.4, 0.5) is 5.69 Å². The fraction of sp³-hybridized carbons (Fsp3) is 0.150. The van der Waals surface area contributed by atoms with Gasteiger partial charge in [-0.15, -0.1) is 0 Å². The molecule has 6 nitrogen and oxygen atoms in total. The highest BCUT2D eigenvalue weighted by molar-refractivity contribution is 6.30. The molecule has 0 saturated heterocycles. The highest BCUT2D eigenvalue weighted by Crippen LogP contribution is 2.12. The molecule has 0 bridgehead atoms. The van der Waals surface area contributed by atoms with Crippen LogP contribution in [-0.2, 0) is 16.1 Å². The van der Waals surface area contributed by atoms with E-state index < -0.39 is 11.9 Å². The molecule has 2 aromatic rings. The minimum absolute atomic E-state index is 0.0709. The summed E-state index contributed by atoms with van der Waals surface area (Å²) in [5, 5.41) is 15.3. The number of hydrogen-bond acceptors (Lipinski definition) is 5. The molecule has 0 heterocycles. The van der Waals surface area contributed by atoms with Crippen molar-refractivity contribution in [2.24, 2.45) is 0 Å². The van der Waals surface area contributed by atoms with Gasteiger partial charge in [-0.3, -0.25) is 4.79 Å². The van der Waals surface area contributed by atoms with Crippen LogP contribution in [0.15, 0.2) is 60.3 Å². The van der Waals surface area contributed by atoms with Crippen LogP contribution in [0.3, 0.4) is 0 Å². The molecule has 0 atom stereocenters. The van der Waals surface area contributed by atoms with Gasteiger partial charge in [-0.25, -0.2) is 4.79 Å². The van der Waals surface area contributed by atoms with Gasteiger partial charge in [-0.2, -0.15) is 5.26 Å². The zero-order chi connectivity index (χ0) is 19.6. The molecule has 7 heteroatoms. The number of nitriles is 1. The Balaban J connectivity index is 1.94. The fourth-order valence-electron chi connectivity index (χ4n) is 2.10. The largest absolute Gasteiger partial charge is 0.462 e. The number of esters is 1. The maximum atomic E-state index is 12.1. The monoisotopic (exact) mass is 383 g/mol. The summed E-state index contributed by atoms with van der Waals surface area (Å²) in [4.78, 5) is 23.7. The fourth-order valence-corrected chi connectivity index (χ4v) is 2.23. The number of carbonyl (C=O) groups is 2. The number of amides is 1. The summed E-state index contributed by atoms with van der Waals surface area (Å²) >= 11 is 5.82. The second-order valence-electron chi connectivity index (χ2n) is 5.42. The molecule has 2 aromatic carbocycles. The van der Waals surface area contributed by atoms with Crippen LogP contribution in [0, 0.1) is 11.3 Å². The van der Waals surface area contributed by atoms with E-state index in [9.17, 15) is 14.9 Å². The molecule has 2 N–H and O–H groups in total. The first-order chi connectivity index (χ1) is 13.0. The van der Waals surface area contributed by atoms with Crippen LogP contribution >= 0.6 is 11.6 Å². The molecule has 0 aliphatic heterocycles. The second kappa shape index (κ2) is 10.00. The maximum Gasteiger partial charge on any atom is 0.338 e. The maximum absolute atomic E-state index is 12.1. The van der Waals surface area contributed by atoms with Crippen molar-refractivity contribution in [2.75, 3.05) is 11.9 Å². The number of nitrogens with zero attached hydrogens (tertiary/aromatic N) is 1. The quantitative estimate of drug-likeness (QED) is 0.432. The molecule has 0 aromatic heterocycles. The first-order valence-electron chi connectivity index (χ1n) is 8.20. The van der Waals surface area contributed by atoms with E-state index in [1.54, 1.807) is 55.5 Å². The molecule has 0 fully saturated rings. The van der Waals surface area contributed by atoms with Gasteiger partial charge in [0.2, 0.25) is 0 Å². The molecule has 0 unspecified atom stereocenters. The number of ether oxygens (including phenoxy) is 1. The third-order valence-electron chi connectivity index (χ3n) is 3.51. The highest BCUT2D eigenvalue weighted by Gasteiger charge is 2.09. The molecule has 0 spiro atoms. The van der Waals surface area contributed by atoms with Crippen LogP contribution in [0.5, 0.6) is 0 Å². The van der Waals surface area contributed by atoms with E-state index in [4.69, 9.17) is 16.3 Å². The van der Waals surface area contributed by atoms with Crippen molar-refractivity contribution in [3.8, 4) is 6.07 Å². The molecule has 138 valence electrons. The predicted molar refractivity (Wildman–Crippen MR) is 103 cm³/mol. The number of halogens is 1. The van der Waals surface area contributed by atoms with Gasteiger partial charge in [-0.05, 0) is 48.9 Å². The van der Waals surface area contributed by atoms with Crippen LogP contribution in [0.1, 0.15) is 22.8 Å². The zero-order valence-corrected chi connectivity index (χ0v) is 15.4. The zero-order valence-electron chi connectivity index (χ0n) is 14.7. The third kappa shape index (κ3) is 6.17. The number of anilines is 1. The van der Waals surface area contributed by atoms with Gasteiger partial charge in [0.05, 0.1) is 12.2 Å². The number of rotatable bonds is 7. The smallest absolute Gasteiger partial charge is 0.338 e. The number of carbonyl (C=O) groups excluding carboxylic acids is 2. The summed E-state index contributed by atoms with van der Waals surface area (Å²) in [7, 11) is 0. The number of hydrogen-bond donors (Lipinski definition) is 2. The van der Waals surface area contributed by atoms with Gasteiger partial charge in [0.15, 0.2) is 0 Å². The molecule has 1 amide bonds. The van der Waals surface area contributed by atoms with Gasteiger partial charge in [0.25, 0.3) is 5.91 Å². The van der Waals surface area contributed by atoms with Gasteiger partial charge in [-0.1, -0.05) is 23.7 Å². The van der Waals surface area contributed by atoms with E-state index in [-0.39, 0.29) is 12.1 Å². The van der Waals surface area contributed by atoms with Crippen molar-refractivity contribution in [3.05, 3.63) is 76.5 Å². The lowest BCUT2D eigenvalue weighted by Crippen LogP contribution is -2.24. The number of nitrogens with one attached hydrogen (secondary N) is 2. The number of benzene rings is 2.